The fourth-order valence-corrected chi connectivity index (χ4v) is 2.91. The van der Waals surface area contributed by atoms with Crippen LogP contribution in [-0.4, -0.2) is 22.9 Å². The van der Waals surface area contributed by atoms with E-state index in [1.807, 2.05) is 0 Å². The highest BCUT2D eigenvalue weighted by atomic mass is 32.2. The van der Waals surface area contributed by atoms with Crippen molar-refractivity contribution >= 4 is 17.7 Å². The molecule has 0 saturated heterocycles. The molecule has 92 valence electrons. The van der Waals surface area contributed by atoms with E-state index in [4.69, 9.17) is 5.11 Å². The molecule has 1 aromatic carbocycles. The van der Waals surface area contributed by atoms with Gasteiger partial charge in [0.05, 0.1) is 6.04 Å². The van der Waals surface area contributed by atoms with Crippen molar-refractivity contribution < 1.29 is 14.3 Å². The van der Waals surface area contributed by atoms with Crippen molar-refractivity contribution in [2.75, 3.05) is 5.75 Å². The third-order valence-corrected chi connectivity index (χ3v) is 3.83. The Hall–Kier alpha value is -1.07. The first-order valence-electron chi connectivity index (χ1n) is 5.48. The number of hydrogen-bond donors (Lipinski definition) is 2. The lowest BCUT2D eigenvalue weighted by Crippen LogP contribution is -2.36. The van der Waals surface area contributed by atoms with Crippen LogP contribution in [0.5, 0.6) is 0 Å². The molecule has 0 aliphatic carbocycles. The molecule has 17 heavy (non-hydrogen) atoms. The minimum atomic E-state index is -1.04. The van der Waals surface area contributed by atoms with Gasteiger partial charge < -0.3 is 10.4 Å². The molecule has 0 fully saturated rings. The van der Waals surface area contributed by atoms with Crippen LogP contribution in [0, 0.1) is 5.82 Å². The van der Waals surface area contributed by atoms with E-state index in [1.165, 1.54) is 19.1 Å². The fourth-order valence-electron chi connectivity index (χ4n) is 1.81. The van der Waals surface area contributed by atoms with E-state index in [-0.39, 0.29) is 11.9 Å². The number of nitrogens with one attached hydrogen (secondary N) is 1. The molecule has 2 rings (SSSR count). The normalized spacial score (nSPS) is 20.5. The summed E-state index contributed by atoms with van der Waals surface area (Å²) >= 11 is 1.66. The molecule has 0 bridgehead atoms. The van der Waals surface area contributed by atoms with Crippen LogP contribution < -0.4 is 5.32 Å². The molecule has 2 N–H and O–H groups in total. The minimum Gasteiger partial charge on any atom is -0.384 e. The predicted molar refractivity (Wildman–Crippen MR) is 64.3 cm³/mol. The SMILES string of the molecule is CC(O)C(=O)NC1CCSc2ccc(F)cc21. The molecule has 0 spiro atoms. The maximum Gasteiger partial charge on any atom is 0.249 e. The van der Waals surface area contributed by atoms with Crippen LogP contribution in [0.3, 0.4) is 0 Å². The summed E-state index contributed by atoms with van der Waals surface area (Å²) in [6, 6.07) is 4.40. The molecule has 3 nitrogen and oxygen atoms in total. The highest BCUT2D eigenvalue weighted by Gasteiger charge is 2.23. The summed E-state index contributed by atoms with van der Waals surface area (Å²) in [6.45, 7) is 1.42. The van der Waals surface area contributed by atoms with E-state index in [1.54, 1.807) is 17.8 Å². The summed E-state index contributed by atoms with van der Waals surface area (Å²) in [5.41, 5.74) is 0.801. The Morgan fingerprint density at radius 1 is 1.65 bits per heavy atom. The molecule has 2 unspecified atom stereocenters. The number of carbonyl (C=O) groups is 1. The summed E-state index contributed by atoms with van der Waals surface area (Å²) in [5, 5.41) is 11.9. The van der Waals surface area contributed by atoms with Crippen molar-refractivity contribution in [3.63, 3.8) is 0 Å². The zero-order chi connectivity index (χ0) is 12.4. The molecule has 0 aromatic heterocycles. The first-order valence-corrected chi connectivity index (χ1v) is 6.47. The van der Waals surface area contributed by atoms with E-state index in [9.17, 15) is 9.18 Å². The van der Waals surface area contributed by atoms with Crippen LogP contribution in [0.25, 0.3) is 0 Å². The van der Waals surface area contributed by atoms with Gasteiger partial charge in [0, 0.05) is 10.6 Å². The van der Waals surface area contributed by atoms with Crippen LogP contribution in [-0.2, 0) is 4.79 Å². The van der Waals surface area contributed by atoms with Gasteiger partial charge in [0.25, 0.3) is 0 Å². The van der Waals surface area contributed by atoms with Gasteiger partial charge in [0.2, 0.25) is 5.91 Å². The van der Waals surface area contributed by atoms with Gasteiger partial charge in [-0.3, -0.25) is 4.79 Å². The largest absolute Gasteiger partial charge is 0.384 e. The number of hydrogen-bond acceptors (Lipinski definition) is 3. The molecule has 0 saturated carbocycles. The van der Waals surface area contributed by atoms with Crippen molar-refractivity contribution in [3.05, 3.63) is 29.6 Å². The van der Waals surface area contributed by atoms with Crippen molar-refractivity contribution in [2.24, 2.45) is 0 Å². The number of fused-ring (bicyclic) bond motifs is 1. The maximum absolute atomic E-state index is 13.2. The molecule has 2 atom stereocenters. The van der Waals surface area contributed by atoms with Gasteiger partial charge in [0.1, 0.15) is 11.9 Å². The van der Waals surface area contributed by atoms with Crippen LogP contribution in [0.4, 0.5) is 4.39 Å². The first kappa shape index (κ1) is 12.4. The average molecular weight is 255 g/mol. The van der Waals surface area contributed by atoms with Gasteiger partial charge in [-0.15, -0.1) is 11.8 Å². The highest BCUT2D eigenvalue weighted by Crippen LogP contribution is 2.36. The molecule has 1 heterocycles. The Kier molecular flexibility index (Phi) is 3.69. The Bertz CT molecular complexity index is 437. The third-order valence-electron chi connectivity index (χ3n) is 2.71. The quantitative estimate of drug-likeness (QED) is 0.848. The average Bonchev–Trinajstić information content (AvgIpc) is 2.29. The summed E-state index contributed by atoms with van der Waals surface area (Å²) in [5.74, 6) is 0.156. The van der Waals surface area contributed by atoms with Crippen molar-refractivity contribution in [1.29, 1.82) is 0 Å². The monoisotopic (exact) mass is 255 g/mol. The van der Waals surface area contributed by atoms with E-state index < -0.39 is 12.0 Å². The van der Waals surface area contributed by atoms with Gasteiger partial charge in [-0.05, 0) is 37.1 Å². The number of thioether (sulfide) groups is 1. The van der Waals surface area contributed by atoms with Gasteiger partial charge in [-0.25, -0.2) is 4.39 Å². The second-order valence-corrected chi connectivity index (χ2v) is 5.19. The second-order valence-electron chi connectivity index (χ2n) is 4.06. The zero-order valence-corrected chi connectivity index (χ0v) is 10.3. The minimum absolute atomic E-state index is 0.205. The summed E-state index contributed by atoms with van der Waals surface area (Å²) in [7, 11) is 0. The molecule has 5 heteroatoms. The van der Waals surface area contributed by atoms with Crippen LogP contribution in [0.15, 0.2) is 23.1 Å². The molecule has 1 aromatic rings. The fraction of sp³-hybridized carbons (Fsp3) is 0.417. The maximum atomic E-state index is 13.2. The second kappa shape index (κ2) is 5.06. The van der Waals surface area contributed by atoms with Crippen molar-refractivity contribution in [3.8, 4) is 0 Å². The molecule has 0 radical (unpaired) electrons. The van der Waals surface area contributed by atoms with Crippen LogP contribution in [0.2, 0.25) is 0 Å². The lowest BCUT2D eigenvalue weighted by molar-refractivity contribution is -0.129. The molecular formula is C12H14FNO2S. The first-order chi connectivity index (χ1) is 8.08. The molecular weight excluding hydrogens is 241 g/mol. The summed E-state index contributed by atoms with van der Waals surface area (Å²) in [6.07, 6.45) is -0.291. The van der Waals surface area contributed by atoms with Crippen LogP contribution >= 0.6 is 11.8 Å². The van der Waals surface area contributed by atoms with E-state index in [0.717, 1.165) is 22.6 Å². The highest BCUT2D eigenvalue weighted by molar-refractivity contribution is 7.99. The topological polar surface area (TPSA) is 49.3 Å². The number of halogens is 1. The number of carbonyl (C=O) groups excluding carboxylic acids is 1. The summed E-state index contributed by atoms with van der Waals surface area (Å²) < 4.78 is 13.2. The lowest BCUT2D eigenvalue weighted by Gasteiger charge is -2.26. The van der Waals surface area contributed by atoms with E-state index >= 15 is 0 Å². The molecule has 1 aliphatic rings. The third kappa shape index (κ3) is 2.79. The Balaban J connectivity index is 2.22. The van der Waals surface area contributed by atoms with Crippen LogP contribution in [0.1, 0.15) is 24.9 Å². The van der Waals surface area contributed by atoms with E-state index in [0.29, 0.717) is 0 Å². The Morgan fingerprint density at radius 2 is 2.41 bits per heavy atom. The standard InChI is InChI=1S/C12H14FNO2S/c1-7(15)12(16)14-10-4-5-17-11-3-2-8(13)6-9(10)11/h2-3,6-7,10,15H,4-5H2,1H3,(H,14,16). The van der Waals surface area contributed by atoms with Gasteiger partial charge in [-0.1, -0.05) is 0 Å². The predicted octanol–water partition coefficient (Wildman–Crippen LogP) is 1.86. The number of rotatable bonds is 2. The molecule has 1 amide bonds. The van der Waals surface area contributed by atoms with Crippen molar-refractivity contribution in [1.82, 2.24) is 5.32 Å². The molecule has 1 aliphatic heterocycles. The number of benzene rings is 1. The Labute approximate surface area is 103 Å². The Morgan fingerprint density at radius 3 is 3.12 bits per heavy atom. The zero-order valence-electron chi connectivity index (χ0n) is 9.44. The van der Waals surface area contributed by atoms with Gasteiger partial charge in [0.15, 0.2) is 0 Å². The number of amides is 1. The number of aliphatic hydroxyl groups excluding tert-OH is 1. The van der Waals surface area contributed by atoms with Gasteiger partial charge >= 0.3 is 0 Å². The summed E-state index contributed by atoms with van der Waals surface area (Å²) in [4.78, 5) is 12.4. The number of aliphatic hydroxyl groups is 1. The lowest BCUT2D eigenvalue weighted by atomic mass is 10.0. The van der Waals surface area contributed by atoms with Gasteiger partial charge in [-0.2, -0.15) is 0 Å². The van der Waals surface area contributed by atoms with E-state index in [2.05, 4.69) is 5.32 Å². The smallest absolute Gasteiger partial charge is 0.249 e. The van der Waals surface area contributed by atoms with Crippen molar-refractivity contribution in [2.45, 2.75) is 30.4 Å².